The number of anilines is 1. The van der Waals surface area contributed by atoms with Crippen molar-refractivity contribution in [2.75, 3.05) is 5.32 Å². The summed E-state index contributed by atoms with van der Waals surface area (Å²) in [4.78, 5) is 15.9. The molecule has 0 saturated heterocycles. The van der Waals surface area contributed by atoms with E-state index in [1.165, 1.54) is 12.1 Å². The lowest BCUT2D eigenvalue weighted by molar-refractivity contribution is 0.102. The standard InChI is InChI=1S/C12H7Br2FN2O/c13-7-3-1-4-8(15)10(7)12(18)17-9-5-2-6-16-11(9)14/h1-6H,(H,17,18). The summed E-state index contributed by atoms with van der Waals surface area (Å²) in [6, 6.07) is 7.71. The Morgan fingerprint density at radius 3 is 2.67 bits per heavy atom. The maximum atomic E-state index is 13.6. The summed E-state index contributed by atoms with van der Waals surface area (Å²) < 4.78 is 14.5. The van der Waals surface area contributed by atoms with Gasteiger partial charge in [-0.2, -0.15) is 0 Å². The first kappa shape index (κ1) is 13.2. The quantitative estimate of drug-likeness (QED) is 0.808. The maximum absolute atomic E-state index is 13.6. The largest absolute Gasteiger partial charge is 0.320 e. The van der Waals surface area contributed by atoms with Crippen LogP contribution in [0.15, 0.2) is 45.6 Å². The molecule has 0 fully saturated rings. The molecular formula is C12H7Br2FN2O. The number of carbonyl (C=O) groups excluding carboxylic acids is 1. The zero-order valence-electron chi connectivity index (χ0n) is 8.95. The van der Waals surface area contributed by atoms with Crippen molar-refractivity contribution in [3.63, 3.8) is 0 Å². The Hall–Kier alpha value is -1.27. The molecule has 2 rings (SSSR count). The number of rotatable bonds is 2. The number of nitrogens with zero attached hydrogens (tertiary/aromatic N) is 1. The molecule has 0 unspecified atom stereocenters. The molecule has 1 heterocycles. The van der Waals surface area contributed by atoms with E-state index in [1.807, 2.05) is 0 Å². The lowest BCUT2D eigenvalue weighted by Crippen LogP contribution is -2.15. The van der Waals surface area contributed by atoms with Gasteiger partial charge in [0.1, 0.15) is 10.4 Å². The summed E-state index contributed by atoms with van der Waals surface area (Å²) in [5.74, 6) is -1.12. The topological polar surface area (TPSA) is 42.0 Å². The van der Waals surface area contributed by atoms with Crippen molar-refractivity contribution in [1.82, 2.24) is 4.98 Å². The van der Waals surface area contributed by atoms with Gasteiger partial charge in [0.15, 0.2) is 0 Å². The van der Waals surface area contributed by atoms with E-state index in [-0.39, 0.29) is 5.56 Å². The molecule has 0 aliphatic rings. The fourth-order valence-corrected chi connectivity index (χ4v) is 2.25. The Bertz CT molecular complexity index is 584. The van der Waals surface area contributed by atoms with Crippen molar-refractivity contribution in [2.24, 2.45) is 0 Å². The molecule has 0 atom stereocenters. The van der Waals surface area contributed by atoms with Crippen molar-refractivity contribution in [2.45, 2.75) is 0 Å². The van der Waals surface area contributed by atoms with Crippen LogP contribution >= 0.6 is 31.9 Å². The van der Waals surface area contributed by atoms with Crippen LogP contribution in [0.25, 0.3) is 0 Å². The number of nitrogens with one attached hydrogen (secondary N) is 1. The second-order valence-corrected chi connectivity index (χ2v) is 5.00. The zero-order chi connectivity index (χ0) is 13.1. The van der Waals surface area contributed by atoms with Crippen LogP contribution in [0.5, 0.6) is 0 Å². The predicted octanol–water partition coefficient (Wildman–Crippen LogP) is 4.00. The summed E-state index contributed by atoms with van der Waals surface area (Å²) in [6.07, 6.45) is 1.58. The second-order valence-electron chi connectivity index (χ2n) is 3.39. The molecule has 2 aromatic rings. The number of benzene rings is 1. The molecule has 1 N–H and O–H groups in total. The van der Waals surface area contributed by atoms with Crippen LogP contribution in [0.2, 0.25) is 0 Å². The lowest BCUT2D eigenvalue weighted by Gasteiger charge is -2.08. The highest BCUT2D eigenvalue weighted by Crippen LogP contribution is 2.23. The summed E-state index contributed by atoms with van der Waals surface area (Å²) in [7, 11) is 0. The molecule has 92 valence electrons. The van der Waals surface area contributed by atoms with Gasteiger partial charge in [0.2, 0.25) is 0 Å². The van der Waals surface area contributed by atoms with Gasteiger partial charge in [0, 0.05) is 10.7 Å². The smallest absolute Gasteiger partial charge is 0.259 e. The van der Waals surface area contributed by atoms with Gasteiger partial charge in [-0.3, -0.25) is 4.79 Å². The Balaban J connectivity index is 2.31. The average molecular weight is 374 g/mol. The summed E-state index contributed by atoms with van der Waals surface area (Å²) in [5.41, 5.74) is 0.450. The van der Waals surface area contributed by atoms with Crippen LogP contribution in [0.4, 0.5) is 10.1 Å². The van der Waals surface area contributed by atoms with E-state index >= 15 is 0 Å². The van der Waals surface area contributed by atoms with Crippen LogP contribution in [0, 0.1) is 5.82 Å². The van der Waals surface area contributed by atoms with Crippen molar-refractivity contribution in [3.05, 3.63) is 57.0 Å². The molecule has 0 bridgehead atoms. The van der Waals surface area contributed by atoms with Crippen molar-refractivity contribution in [1.29, 1.82) is 0 Å². The highest BCUT2D eigenvalue weighted by atomic mass is 79.9. The summed E-state index contributed by atoms with van der Waals surface area (Å²) >= 11 is 6.35. The van der Waals surface area contributed by atoms with E-state index in [0.717, 1.165) is 0 Å². The molecule has 18 heavy (non-hydrogen) atoms. The van der Waals surface area contributed by atoms with E-state index in [1.54, 1.807) is 24.4 Å². The van der Waals surface area contributed by atoms with Gasteiger partial charge in [-0.05, 0) is 56.1 Å². The van der Waals surface area contributed by atoms with Gasteiger partial charge in [-0.15, -0.1) is 0 Å². The summed E-state index contributed by atoms with van der Waals surface area (Å²) in [6.45, 7) is 0. The minimum atomic E-state index is -0.582. The molecule has 0 radical (unpaired) electrons. The average Bonchev–Trinajstić information content (AvgIpc) is 2.32. The van der Waals surface area contributed by atoms with Gasteiger partial charge in [-0.25, -0.2) is 9.37 Å². The molecule has 0 spiro atoms. The third-order valence-electron chi connectivity index (χ3n) is 2.20. The minimum Gasteiger partial charge on any atom is -0.320 e. The van der Waals surface area contributed by atoms with E-state index in [9.17, 15) is 9.18 Å². The van der Waals surface area contributed by atoms with E-state index < -0.39 is 11.7 Å². The lowest BCUT2D eigenvalue weighted by atomic mass is 10.2. The number of pyridine rings is 1. The number of halogens is 3. The molecule has 0 aliphatic heterocycles. The van der Waals surface area contributed by atoms with E-state index in [4.69, 9.17) is 0 Å². The van der Waals surface area contributed by atoms with Gasteiger partial charge in [0.05, 0.1) is 11.3 Å². The van der Waals surface area contributed by atoms with Crippen LogP contribution < -0.4 is 5.32 Å². The first-order chi connectivity index (χ1) is 8.59. The number of amides is 1. The first-order valence-electron chi connectivity index (χ1n) is 4.95. The fraction of sp³-hybridized carbons (Fsp3) is 0. The van der Waals surface area contributed by atoms with Crippen molar-refractivity contribution < 1.29 is 9.18 Å². The van der Waals surface area contributed by atoms with E-state index in [0.29, 0.717) is 14.8 Å². The maximum Gasteiger partial charge on any atom is 0.259 e. The molecular weight excluding hydrogens is 367 g/mol. The van der Waals surface area contributed by atoms with Gasteiger partial charge < -0.3 is 5.32 Å². The van der Waals surface area contributed by atoms with Crippen LogP contribution in [0.1, 0.15) is 10.4 Å². The zero-order valence-corrected chi connectivity index (χ0v) is 12.1. The van der Waals surface area contributed by atoms with Crippen molar-refractivity contribution >= 4 is 43.5 Å². The van der Waals surface area contributed by atoms with Crippen LogP contribution in [-0.2, 0) is 0 Å². The minimum absolute atomic E-state index is 0.0340. The predicted molar refractivity (Wildman–Crippen MR) is 74.0 cm³/mol. The molecule has 1 aromatic heterocycles. The van der Waals surface area contributed by atoms with Gasteiger partial charge in [0.25, 0.3) is 5.91 Å². The number of hydrogen-bond donors (Lipinski definition) is 1. The Kier molecular flexibility index (Phi) is 4.08. The van der Waals surface area contributed by atoms with Gasteiger partial charge in [-0.1, -0.05) is 6.07 Å². The number of hydrogen-bond acceptors (Lipinski definition) is 2. The fourth-order valence-electron chi connectivity index (χ4n) is 1.38. The molecule has 0 saturated carbocycles. The highest BCUT2D eigenvalue weighted by Gasteiger charge is 2.16. The van der Waals surface area contributed by atoms with Crippen LogP contribution in [0.3, 0.4) is 0 Å². The summed E-state index contributed by atoms with van der Waals surface area (Å²) in [5, 5.41) is 2.59. The van der Waals surface area contributed by atoms with Gasteiger partial charge >= 0.3 is 0 Å². The molecule has 6 heteroatoms. The first-order valence-corrected chi connectivity index (χ1v) is 6.54. The number of aromatic nitrogens is 1. The normalized spacial score (nSPS) is 10.2. The number of carbonyl (C=O) groups is 1. The monoisotopic (exact) mass is 372 g/mol. The third kappa shape index (κ3) is 2.76. The Morgan fingerprint density at radius 1 is 1.22 bits per heavy atom. The Morgan fingerprint density at radius 2 is 2.00 bits per heavy atom. The molecule has 1 amide bonds. The van der Waals surface area contributed by atoms with E-state index in [2.05, 4.69) is 42.2 Å². The molecule has 3 nitrogen and oxygen atoms in total. The Labute approximate surface area is 120 Å². The second kappa shape index (κ2) is 5.58. The van der Waals surface area contributed by atoms with Crippen LogP contribution in [-0.4, -0.2) is 10.9 Å². The SMILES string of the molecule is O=C(Nc1cccnc1Br)c1c(F)cccc1Br. The molecule has 1 aromatic carbocycles. The third-order valence-corrected chi connectivity index (χ3v) is 3.49. The highest BCUT2D eigenvalue weighted by molar-refractivity contribution is 9.10. The van der Waals surface area contributed by atoms with Crippen molar-refractivity contribution in [3.8, 4) is 0 Å². The molecule has 0 aliphatic carbocycles.